The lowest BCUT2D eigenvalue weighted by Crippen LogP contribution is -2.13. The first-order valence-corrected chi connectivity index (χ1v) is 4.89. The van der Waals surface area contributed by atoms with Crippen LogP contribution >= 0.6 is 0 Å². The molecular formula is C12H16FNO. The molecule has 0 radical (unpaired) electrons. The van der Waals surface area contributed by atoms with Crippen molar-refractivity contribution >= 4 is 0 Å². The van der Waals surface area contributed by atoms with Gasteiger partial charge in [-0.2, -0.15) is 0 Å². The summed E-state index contributed by atoms with van der Waals surface area (Å²) >= 11 is 0. The first kappa shape index (κ1) is 11.7. The molecule has 1 unspecified atom stereocenters. The summed E-state index contributed by atoms with van der Waals surface area (Å²) < 4.78 is 18.6. The molecule has 2 N–H and O–H groups in total. The molecule has 0 aliphatic rings. The summed E-state index contributed by atoms with van der Waals surface area (Å²) in [5.41, 5.74) is 6.34. The molecule has 2 nitrogen and oxygen atoms in total. The van der Waals surface area contributed by atoms with E-state index in [4.69, 9.17) is 10.5 Å². The molecule has 1 atom stereocenters. The van der Waals surface area contributed by atoms with Crippen LogP contribution in [0, 0.1) is 5.82 Å². The Labute approximate surface area is 89.6 Å². The number of hydrogen-bond donors (Lipinski definition) is 1. The summed E-state index contributed by atoms with van der Waals surface area (Å²) in [6, 6.07) is 4.37. The van der Waals surface area contributed by atoms with E-state index in [2.05, 4.69) is 6.58 Å². The van der Waals surface area contributed by atoms with Crippen LogP contribution in [0.3, 0.4) is 0 Å². The molecule has 0 fully saturated rings. The van der Waals surface area contributed by atoms with E-state index >= 15 is 0 Å². The second kappa shape index (κ2) is 5.51. The van der Waals surface area contributed by atoms with Crippen LogP contribution in [0.1, 0.15) is 24.4 Å². The minimum atomic E-state index is -0.348. The van der Waals surface area contributed by atoms with Gasteiger partial charge in [-0.3, -0.25) is 0 Å². The van der Waals surface area contributed by atoms with Crippen molar-refractivity contribution in [3.8, 4) is 5.75 Å². The molecule has 0 bridgehead atoms. The second-order valence-corrected chi connectivity index (χ2v) is 3.33. The molecule has 0 saturated carbocycles. The smallest absolute Gasteiger partial charge is 0.131 e. The van der Waals surface area contributed by atoms with E-state index in [1.54, 1.807) is 18.2 Å². The van der Waals surface area contributed by atoms with Crippen molar-refractivity contribution < 1.29 is 9.13 Å². The van der Waals surface area contributed by atoms with Crippen molar-refractivity contribution in [2.24, 2.45) is 5.73 Å². The molecule has 0 aliphatic heterocycles. The molecule has 1 aromatic rings. The molecule has 1 rings (SSSR count). The van der Waals surface area contributed by atoms with Crippen LogP contribution in [0.15, 0.2) is 30.9 Å². The topological polar surface area (TPSA) is 35.2 Å². The standard InChI is InChI=1S/C12H16FNO/c1-3-4-7-10(14)12-9(13)6-5-8-11(12)15-2/h3,5-6,8,10H,1,4,7,14H2,2H3. The number of rotatable bonds is 5. The molecule has 82 valence electrons. The fourth-order valence-corrected chi connectivity index (χ4v) is 1.50. The van der Waals surface area contributed by atoms with Crippen LogP contribution in [0.5, 0.6) is 5.75 Å². The Bertz CT molecular complexity index is 338. The van der Waals surface area contributed by atoms with Gasteiger partial charge >= 0.3 is 0 Å². The molecule has 0 spiro atoms. The summed E-state index contributed by atoms with van der Waals surface area (Å²) in [6.45, 7) is 3.61. The van der Waals surface area contributed by atoms with Crippen LogP contribution < -0.4 is 10.5 Å². The maximum absolute atomic E-state index is 13.5. The number of benzene rings is 1. The fraction of sp³-hybridized carbons (Fsp3) is 0.333. The van der Waals surface area contributed by atoms with E-state index in [-0.39, 0.29) is 11.9 Å². The SMILES string of the molecule is C=CCCC(N)c1c(F)cccc1OC. The predicted molar refractivity (Wildman–Crippen MR) is 59.3 cm³/mol. The summed E-state index contributed by atoms with van der Waals surface area (Å²) in [5.74, 6) is 0.192. The van der Waals surface area contributed by atoms with E-state index in [1.165, 1.54) is 13.2 Å². The highest BCUT2D eigenvalue weighted by atomic mass is 19.1. The summed E-state index contributed by atoms with van der Waals surface area (Å²) in [6.07, 6.45) is 3.20. The minimum Gasteiger partial charge on any atom is -0.496 e. The third-order valence-corrected chi connectivity index (χ3v) is 2.29. The van der Waals surface area contributed by atoms with Crippen molar-refractivity contribution in [2.75, 3.05) is 7.11 Å². The molecule has 0 aliphatic carbocycles. The molecular weight excluding hydrogens is 193 g/mol. The van der Waals surface area contributed by atoms with Gasteiger partial charge in [0.1, 0.15) is 11.6 Å². The van der Waals surface area contributed by atoms with Crippen molar-refractivity contribution in [3.63, 3.8) is 0 Å². The molecule has 0 heterocycles. The molecule has 1 aromatic carbocycles. The molecule has 15 heavy (non-hydrogen) atoms. The van der Waals surface area contributed by atoms with Crippen LogP contribution in [-0.2, 0) is 0 Å². The quantitative estimate of drug-likeness (QED) is 0.757. The number of nitrogens with two attached hydrogens (primary N) is 1. The van der Waals surface area contributed by atoms with Gasteiger partial charge < -0.3 is 10.5 Å². The third-order valence-electron chi connectivity index (χ3n) is 2.29. The number of ether oxygens (including phenoxy) is 1. The van der Waals surface area contributed by atoms with Crippen molar-refractivity contribution in [1.82, 2.24) is 0 Å². The van der Waals surface area contributed by atoms with E-state index in [1.807, 2.05) is 0 Å². The molecule has 0 saturated heterocycles. The lowest BCUT2D eigenvalue weighted by Gasteiger charge is -2.15. The zero-order valence-corrected chi connectivity index (χ0v) is 8.87. The van der Waals surface area contributed by atoms with Crippen LogP contribution in [0.4, 0.5) is 4.39 Å². The Balaban J connectivity index is 2.94. The van der Waals surface area contributed by atoms with Crippen molar-refractivity contribution in [2.45, 2.75) is 18.9 Å². The van der Waals surface area contributed by atoms with Crippen molar-refractivity contribution in [3.05, 3.63) is 42.2 Å². The number of hydrogen-bond acceptors (Lipinski definition) is 2. The lowest BCUT2D eigenvalue weighted by atomic mass is 10.0. The van der Waals surface area contributed by atoms with E-state index in [0.717, 1.165) is 6.42 Å². The summed E-state index contributed by atoms with van der Waals surface area (Å²) in [7, 11) is 1.51. The van der Waals surface area contributed by atoms with Gasteiger partial charge in [0.15, 0.2) is 0 Å². The fourth-order valence-electron chi connectivity index (χ4n) is 1.50. The van der Waals surface area contributed by atoms with Crippen LogP contribution in [0.2, 0.25) is 0 Å². The summed E-state index contributed by atoms with van der Waals surface area (Å²) in [4.78, 5) is 0. The van der Waals surface area contributed by atoms with Gasteiger partial charge in [-0.1, -0.05) is 12.1 Å². The van der Waals surface area contributed by atoms with E-state index in [9.17, 15) is 4.39 Å². The highest BCUT2D eigenvalue weighted by molar-refractivity contribution is 5.37. The minimum absolute atomic E-state index is 0.314. The Hall–Kier alpha value is -1.35. The van der Waals surface area contributed by atoms with E-state index in [0.29, 0.717) is 17.7 Å². The zero-order chi connectivity index (χ0) is 11.3. The average molecular weight is 209 g/mol. The Kier molecular flexibility index (Phi) is 4.31. The number of methoxy groups -OCH3 is 1. The Morgan fingerprint density at radius 3 is 2.93 bits per heavy atom. The number of allylic oxidation sites excluding steroid dienone is 1. The van der Waals surface area contributed by atoms with E-state index < -0.39 is 0 Å². The van der Waals surface area contributed by atoms with Gasteiger partial charge in [-0.15, -0.1) is 6.58 Å². The monoisotopic (exact) mass is 209 g/mol. The first-order chi connectivity index (χ1) is 7.20. The maximum Gasteiger partial charge on any atom is 0.131 e. The highest BCUT2D eigenvalue weighted by Gasteiger charge is 2.15. The Morgan fingerprint density at radius 1 is 1.60 bits per heavy atom. The Morgan fingerprint density at radius 2 is 2.33 bits per heavy atom. The summed E-state index contributed by atoms with van der Waals surface area (Å²) in [5, 5.41) is 0. The zero-order valence-electron chi connectivity index (χ0n) is 8.87. The normalized spacial score (nSPS) is 12.2. The first-order valence-electron chi connectivity index (χ1n) is 4.89. The van der Waals surface area contributed by atoms with Crippen LogP contribution in [-0.4, -0.2) is 7.11 Å². The average Bonchev–Trinajstić information content (AvgIpc) is 2.25. The maximum atomic E-state index is 13.5. The highest BCUT2D eigenvalue weighted by Crippen LogP contribution is 2.28. The molecule has 0 aromatic heterocycles. The largest absolute Gasteiger partial charge is 0.496 e. The van der Waals surface area contributed by atoms with Gasteiger partial charge in [-0.05, 0) is 25.0 Å². The van der Waals surface area contributed by atoms with Crippen molar-refractivity contribution in [1.29, 1.82) is 0 Å². The van der Waals surface area contributed by atoms with Gasteiger partial charge in [0, 0.05) is 11.6 Å². The van der Waals surface area contributed by atoms with Gasteiger partial charge in [0.05, 0.1) is 7.11 Å². The van der Waals surface area contributed by atoms with Crippen LogP contribution in [0.25, 0.3) is 0 Å². The third kappa shape index (κ3) is 2.80. The number of halogens is 1. The lowest BCUT2D eigenvalue weighted by molar-refractivity contribution is 0.397. The molecule has 0 amide bonds. The second-order valence-electron chi connectivity index (χ2n) is 3.33. The predicted octanol–water partition coefficient (Wildman–Crippen LogP) is 2.80. The molecule has 3 heteroatoms. The van der Waals surface area contributed by atoms with Gasteiger partial charge in [0.2, 0.25) is 0 Å². The van der Waals surface area contributed by atoms with Gasteiger partial charge in [-0.25, -0.2) is 4.39 Å². The van der Waals surface area contributed by atoms with Gasteiger partial charge in [0.25, 0.3) is 0 Å².